The summed E-state index contributed by atoms with van der Waals surface area (Å²) in [6.45, 7) is 5.64. The van der Waals surface area contributed by atoms with Gasteiger partial charge in [-0.15, -0.1) is 0 Å². The van der Waals surface area contributed by atoms with Crippen LogP contribution in [-0.2, 0) is 16.4 Å². The van der Waals surface area contributed by atoms with Gasteiger partial charge in [-0.2, -0.15) is 4.98 Å². The van der Waals surface area contributed by atoms with Crippen LogP contribution in [0.3, 0.4) is 0 Å². The van der Waals surface area contributed by atoms with E-state index in [0.717, 1.165) is 17.2 Å². The van der Waals surface area contributed by atoms with Gasteiger partial charge in [-0.05, 0) is 42.3 Å². The third-order valence-corrected chi connectivity index (χ3v) is 4.16. The molecule has 7 heteroatoms. The lowest BCUT2D eigenvalue weighted by atomic mass is 10.1. The van der Waals surface area contributed by atoms with Crippen molar-refractivity contribution in [3.63, 3.8) is 0 Å². The smallest absolute Gasteiger partial charge is 0.230 e. The fraction of sp³-hybridized carbons (Fsp3) is 0.167. The quantitative estimate of drug-likeness (QED) is 0.747. The summed E-state index contributed by atoms with van der Waals surface area (Å²) in [6, 6.07) is 9.78. The predicted octanol–water partition coefficient (Wildman–Crippen LogP) is 3.96. The number of anilines is 1. The molecule has 130 valence electrons. The number of nitrogens with one attached hydrogen (secondary N) is 1. The van der Waals surface area contributed by atoms with Crippen LogP contribution in [0.25, 0.3) is 16.7 Å². The molecular weight excluding hydrogens is 343 g/mol. The molecule has 0 aliphatic carbocycles. The third-order valence-electron chi connectivity index (χ3n) is 3.59. The SMILES string of the molecule is C=C(C)c1cc2cc(Cc3ccc(F)cc3)oc2nc1NS(C)(=O)=O. The minimum absolute atomic E-state index is 0.185. The molecule has 0 atom stereocenters. The van der Waals surface area contributed by atoms with Gasteiger partial charge in [0, 0.05) is 17.4 Å². The van der Waals surface area contributed by atoms with Crippen molar-refractivity contribution in [2.75, 3.05) is 11.0 Å². The van der Waals surface area contributed by atoms with E-state index in [2.05, 4.69) is 16.3 Å². The Labute approximate surface area is 145 Å². The standard InChI is InChI=1S/C18H17FN2O3S/c1-11(2)16-10-13-9-15(8-12-4-6-14(19)7-5-12)24-18(13)20-17(16)21-25(3,22)23/h4-7,9-10H,1,8H2,2-3H3,(H,20,21). The molecule has 3 aromatic rings. The van der Waals surface area contributed by atoms with Gasteiger partial charge in [0.2, 0.25) is 15.7 Å². The van der Waals surface area contributed by atoms with E-state index in [1.807, 2.05) is 6.07 Å². The van der Waals surface area contributed by atoms with Crippen molar-refractivity contribution >= 4 is 32.5 Å². The molecule has 0 aliphatic rings. The number of allylic oxidation sites excluding steroid dienone is 1. The van der Waals surface area contributed by atoms with E-state index in [4.69, 9.17) is 4.42 Å². The average molecular weight is 360 g/mol. The van der Waals surface area contributed by atoms with Crippen LogP contribution in [0.5, 0.6) is 0 Å². The second-order valence-electron chi connectivity index (χ2n) is 5.95. The van der Waals surface area contributed by atoms with Gasteiger partial charge in [-0.3, -0.25) is 4.72 Å². The van der Waals surface area contributed by atoms with Gasteiger partial charge in [0.05, 0.1) is 6.26 Å². The molecule has 25 heavy (non-hydrogen) atoms. The molecule has 2 aromatic heterocycles. The van der Waals surface area contributed by atoms with Gasteiger partial charge in [-0.25, -0.2) is 12.8 Å². The highest BCUT2D eigenvalue weighted by Gasteiger charge is 2.15. The van der Waals surface area contributed by atoms with Crippen molar-refractivity contribution in [3.8, 4) is 0 Å². The summed E-state index contributed by atoms with van der Waals surface area (Å²) in [5.74, 6) is 0.543. The number of aromatic nitrogens is 1. The zero-order valence-electron chi connectivity index (χ0n) is 13.8. The van der Waals surface area contributed by atoms with E-state index in [9.17, 15) is 12.8 Å². The molecular formula is C18H17FN2O3S. The molecule has 0 saturated heterocycles. The van der Waals surface area contributed by atoms with Crippen LogP contribution in [0.1, 0.15) is 23.8 Å². The first-order valence-corrected chi connectivity index (χ1v) is 9.42. The van der Waals surface area contributed by atoms with Gasteiger partial charge in [-0.1, -0.05) is 18.7 Å². The molecule has 0 spiro atoms. The minimum atomic E-state index is -3.48. The largest absolute Gasteiger partial charge is 0.442 e. The maximum Gasteiger partial charge on any atom is 0.230 e. The molecule has 0 saturated carbocycles. The lowest BCUT2D eigenvalue weighted by Gasteiger charge is -2.09. The third kappa shape index (κ3) is 4.06. The van der Waals surface area contributed by atoms with E-state index in [0.29, 0.717) is 29.0 Å². The first kappa shape index (κ1) is 17.2. The Bertz CT molecular complexity index is 1050. The first-order valence-electron chi connectivity index (χ1n) is 7.53. The Hall–Kier alpha value is -2.67. The number of sulfonamides is 1. The molecule has 0 amide bonds. The van der Waals surface area contributed by atoms with Crippen LogP contribution in [0.2, 0.25) is 0 Å². The van der Waals surface area contributed by atoms with Crippen molar-refractivity contribution in [2.24, 2.45) is 0 Å². The summed E-state index contributed by atoms with van der Waals surface area (Å²) in [6.07, 6.45) is 1.54. The fourth-order valence-electron chi connectivity index (χ4n) is 2.49. The lowest BCUT2D eigenvalue weighted by Crippen LogP contribution is -2.12. The van der Waals surface area contributed by atoms with Crippen molar-refractivity contribution in [1.82, 2.24) is 4.98 Å². The number of nitrogens with zero attached hydrogens (tertiary/aromatic N) is 1. The van der Waals surface area contributed by atoms with Crippen molar-refractivity contribution in [3.05, 3.63) is 65.7 Å². The van der Waals surface area contributed by atoms with Crippen molar-refractivity contribution in [1.29, 1.82) is 0 Å². The Kier molecular flexibility index (Phi) is 4.34. The van der Waals surface area contributed by atoms with Crippen LogP contribution in [0.15, 0.2) is 47.4 Å². The van der Waals surface area contributed by atoms with E-state index in [1.54, 1.807) is 25.1 Å². The Morgan fingerprint density at radius 2 is 1.96 bits per heavy atom. The number of benzene rings is 1. The first-order chi connectivity index (χ1) is 11.7. The maximum absolute atomic E-state index is 13.0. The summed E-state index contributed by atoms with van der Waals surface area (Å²) in [5.41, 5.74) is 2.51. The maximum atomic E-state index is 13.0. The summed E-state index contributed by atoms with van der Waals surface area (Å²) in [4.78, 5) is 4.28. The molecule has 1 aromatic carbocycles. The van der Waals surface area contributed by atoms with Gasteiger partial charge < -0.3 is 4.42 Å². The Morgan fingerprint density at radius 1 is 1.28 bits per heavy atom. The zero-order chi connectivity index (χ0) is 18.2. The van der Waals surface area contributed by atoms with Crippen LogP contribution in [0, 0.1) is 5.82 Å². The molecule has 2 heterocycles. The average Bonchev–Trinajstić information content (AvgIpc) is 2.88. The summed E-state index contributed by atoms with van der Waals surface area (Å²) >= 11 is 0. The van der Waals surface area contributed by atoms with Crippen LogP contribution in [-0.4, -0.2) is 19.7 Å². The van der Waals surface area contributed by atoms with Crippen LogP contribution in [0.4, 0.5) is 10.2 Å². The molecule has 5 nitrogen and oxygen atoms in total. The molecule has 0 aliphatic heterocycles. The number of hydrogen-bond acceptors (Lipinski definition) is 4. The van der Waals surface area contributed by atoms with E-state index < -0.39 is 10.0 Å². The molecule has 0 unspecified atom stereocenters. The number of furan rings is 1. The molecule has 1 N–H and O–H groups in total. The minimum Gasteiger partial charge on any atom is -0.442 e. The highest BCUT2D eigenvalue weighted by Crippen LogP contribution is 2.29. The van der Waals surface area contributed by atoms with Gasteiger partial charge in [0.1, 0.15) is 11.6 Å². The Balaban J connectivity index is 2.01. The number of fused-ring (bicyclic) bond motifs is 1. The van der Waals surface area contributed by atoms with Crippen LogP contribution < -0.4 is 4.72 Å². The highest BCUT2D eigenvalue weighted by molar-refractivity contribution is 7.92. The van der Waals surface area contributed by atoms with Gasteiger partial charge >= 0.3 is 0 Å². The van der Waals surface area contributed by atoms with Crippen LogP contribution >= 0.6 is 0 Å². The topological polar surface area (TPSA) is 72.2 Å². The fourth-order valence-corrected chi connectivity index (χ4v) is 3.00. The Morgan fingerprint density at radius 3 is 2.56 bits per heavy atom. The zero-order valence-corrected chi connectivity index (χ0v) is 14.7. The summed E-state index contributed by atoms with van der Waals surface area (Å²) < 4.78 is 44.2. The summed E-state index contributed by atoms with van der Waals surface area (Å²) in [7, 11) is -3.48. The van der Waals surface area contributed by atoms with Gasteiger partial charge in [0.15, 0.2) is 5.82 Å². The second kappa shape index (κ2) is 6.33. The molecule has 0 radical (unpaired) electrons. The number of rotatable bonds is 5. The van der Waals surface area contributed by atoms with E-state index in [-0.39, 0.29) is 11.6 Å². The molecule has 0 bridgehead atoms. The second-order valence-corrected chi connectivity index (χ2v) is 7.70. The normalized spacial score (nSPS) is 11.6. The lowest BCUT2D eigenvalue weighted by molar-refractivity contribution is 0.552. The monoisotopic (exact) mass is 360 g/mol. The number of hydrogen-bond donors (Lipinski definition) is 1. The van der Waals surface area contributed by atoms with Crippen molar-refractivity contribution < 1.29 is 17.2 Å². The summed E-state index contributed by atoms with van der Waals surface area (Å²) in [5, 5.41) is 0.745. The predicted molar refractivity (Wildman–Crippen MR) is 96.4 cm³/mol. The number of halogens is 1. The van der Waals surface area contributed by atoms with E-state index >= 15 is 0 Å². The molecule has 3 rings (SSSR count). The molecule has 0 fully saturated rings. The van der Waals surface area contributed by atoms with Gasteiger partial charge in [0.25, 0.3) is 0 Å². The highest BCUT2D eigenvalue weighted by atomic mass is 32.2. The van der Waals surface area contributed by atoms with Crippen molar-refractivity contribution in [2.45, 2.75) is 13.3 Å². The van der Waals surface area contributed by atoms with E-state index in [1.165, 1.54) is 12.1 Å². The number of pyridine rings is 1.